The van der Waals surface area contributed by atoms with Crippen LogP contribution in [0, 0.1) is 0 Å². The number of hydrogen-bond acceptors (Lipinski definition) is 0. The third kappa shape index (κ3) is 5.67. The quantitative estimate of drug-likeness (QED) is 0.227. The van der Waals surface area contributed by atoms with Crippen LogP contribution in [0.15, 0.2) is 0 Å². The number of nitrogens with zero attached hydrogens (tertiary/aromatic N) is 1. The van der Waals surface area contributed by atoms with E-state index < -0.39 is 0 Å². The molecule has 0 fully saturated rings. The SMILES string of the molecule is C/[N+]([13CH3])=C/CCC[13CH3]. The summed E-state index contributed by atoms with van der Waals surface area (Å²) in [6.45, 7) is 2.21. The van der Waals surface area contributed by atoms with Gasteiger partial charge in [-0.2, -0.15) is 0 Å². The van der Waals surface area contributed by atoms with Gasteiger partial charge < -0.3 is 0 Å². The first-order valence-electron chi connectivity index (χ1n) is 3.27. The molecule has 0 radical (unpaired) electrons. The molecule has 0 aromatic carbocycles. The molecule has 0 aliphatic rings. The van der Waals surface area contributed by atoms with E-state index in [0.29, 0.717) is 0 Å². The molecule has 0 aromatic rings. The summed E-state index contributed by atoms with van der Waals surface area (Å²) in [5, 5.41) is 0. The lowest BCUT2D eigenvalue weighted by atomic mass is 10.3. The Labute approximate surface area is 52.0 Å². The zero-order chi connectivity index (χ0) is 6.41. The summed E-state index contributed by atoms with van der Waals surface area (Å²) in [6.07, 6.45) is 6.05. The summed E-state index contributed by atoms with van der Waals surface area (Å²) in [7, 11) is 4.13. The molecule has 0 saturated carbocycles. The van der Waals surface area contributed by atoms with Crippen molar-refractivity contribution < 1.29 is 4.58 Å². The van der Waals surface area contributed by atoms with Gasteiger partial charge in [-0.05, 0) is 6.42 Å². The number of hydrogen-bond donors (Lipinski definition) is 0. The molecule has 0 aliphatic heterocycles. The summed E-state index contributed by atoms with van der Waals surface area (Å²) in [5.74, 6) is 0. The van der Waals surface area contributed by atoms with Gasteiger partial charge >= 0.3 is 0 Å². The van der Waals surface area contributed by atoms with Gasteiger partial charge in [-0.25, -0.2) is 4.58 Å². The Bertz CT molecular complexity index is 70.5. The standard InChI is InChI=1S/C7H16N/c1-4-5-6-7-8(2)3/h7H,4-6H2,1-3H3/q+1/i1+1,2+1/b8-7+. The second-order valence-electron chi connectivity index (χ2n) is 2.29. The molecule has 0 rings (SSSR count). The van der Waals surface area contributed by atoms with Crippen LogP contribution in [-0.4, -0.2) is 24.9 Å². The van der Waals surface area contributed by atoms with Gasteiger partial charge in [-0.1, -0.05) is 13.3 Å². The van der Waals surface area contributed by atoms with E-state index in [1.807, 2.05) is 0 Å². The van der Waals surface area contributed by atoms with Crippen molar-refractivity contribution in [3.8, 4) is 0 Å². The Morgan fingerprint density at radius 3 is 2.38 bits per heavy atom. The van der Waals surface area contributed by atoms with Crippen molar-refractivity contribution in [2.75, 3.05) is 14.1 Å². The molecule has 0 N–H and O–H groups in total. The highest BCUT2D eigenvalue weighted by Gasteiger charge is 1.82. The molecule has 0 spiro atoms. The van der Waals surface area contributed by atoms with Crippen LogP contribution in [0.5, 0.6) is 0 Å². The van der Waals surface area contributed by atoms with E-state index >= 15 is 0 Å². The summed E-state index contributed by atoms with van der Waals surface area (Å²) < 4.78 is 2.11. The molecule has 0 aliphatic carbocycles. The fourth-order valence-corrected chi connectivity index (χ4v) is 0.554. The van der Waals surface area contributed by atoms with Crippen LogP contribution in [-0.2, 0) is 0 Å². The van der Waals surface area contributed by atoms with E-state index in [9.17, 15) is 0 Å². The van der Waals surface area contributed by atoms with Crippen LogP contribution < -0.4 is 0 Å². The second kappa shape index (κ2) is 4.82. The minimum absolute atomic E-state index is 1.23. The first kappa shape index (κ1) is 7.67. The predicted octanol–water partition coefficient (Wildman–Crippen LogP) is 1.52. The maximum absolute atomic E-state index is 2.21. The third-order valence-electron chi connectivity index (χ3n) is 1.05. The smallest absolute Gasteiger partial charge is 0.139 e. The largest absolute Gasteiger partial charge is 0.245 e. The maximum Gasteiger partial charge on any atom is 0.139 e. The maximum atomic E-state index is 2.21. The molecule has 48 valence electrons. The van der Waals surface area contributed by atoms with E-state index in [2.05, 4.69) is 31.8 Å². The summed E-state index contributed by atoms with van der Waals surface area (Å²) in [5.41, 5.74) is 0. The monoisotopic (exact) mass is 116 g/mol. The van der Waals surface area contributed by atoms with Gasteiger partial charge in [0.15, 0.2) is 0 Å². The van der Waals surface area contributed by atoms with E-state index in [-0.39, 0.29) is 0 Å². The molecule has 0 heterocycles. The van der Waals surface area contributed by atoms with Crippen LogP contribution in [0.3, 0.4) is 0 Å². The van der Waals surface area contributed by atoms with Crippen LogP contribution >= 0.6 is 0 Å². The van der Waals surface area contributed by atoms with Crippen molar-refractivity contribution in [1.29, 1.82) is 0 Å². The van der Waals surface area contributed by atoms with Crippen LogP contribution in [0.4, 0.5) is 0 Å². The summed E-state index contributed by atoms with van der Waals surface area (Å²) >= 11 is 0. The van der Waals surface area contributed by atoms with Crippen LogP contribution in [0.2, 0.25) is 0 Å². The molecule has 0 amide bonds. The minimum Gasteiger partial charge on any atom is -0.245 e. The van der Waals surface area contributed by atoms with Gasteiger partial charge in [0.1, 0.15) is 20.3 Å². The summed E-state index contributed by atoms with van der Waals surface area (Å²) in [4.78, 5) is 0. The average molecular weight is 116 g/mol. The zero-order valence-electron chi connectivity index (χ0n) is 6.15. The van der Waals surface area contributed by atoms with Crippen molar-refractivity contribution >= 4 is 6.21 Å². The van der Waals surface area contributed by atoms with Gasteiger partial charge in [-0.3, -0.25) is 0 Å². The lowest BCUT2D eigenvalue weighted by molar-refractivity contribution is -0.460. The fourth-order valence-electron chi connectivity index (χ4n) is 0.554. The van der Waals surface area contributed by atoms with E-state index in [1.54, 1.807) is 0 Å². The van der Waals surface area contributed by atoms with Gasteiger partial charge in [0, 0.05) is 6.42 Å². The van der Waals surface area contributed by atoms with Gasteiger partial charge in [0.25, 0.3) is 0 Å². The molecule has 0 bridgehead atoms. The van der Waals surface area contributed by atoms with Crippen LogP contribution in [0.25, 0.3) is 0 Å². The topological polar surface area (TPSA) is 3.01 Å². The normalized spacial score (nSPS) is 12.1. The first-order chi connectivity index (χ1) is 3.77. The van der Waals surface area contributed by atoms with Crippen molar-refractivity contribution in [3.05, 3.63) is 0 Å². The van der Waals surface area contributed by atoms with Gasteiger partial charge in [0.05, 0.1) is 0 Å². The van der Waals surface area contributed by atoms with Crippen molar-refractivity contribution in [1.82, 2.24) is 0 Å². The molecular formula is C7H16N+. The highest BCUT2D eigenvalue weighted by atomic mass is 15.0. The Kier molecular flexibility index (Phi) is 4.62. The fraction of sp³-hybridized carbons (Fsp3) is 0.857. The Balaban J connectivity index is 3.03. The zero-order valence-corrected chi connectivity index (χ0v) is 6.15. The van der Waals surface area contributed by atoms with E-state index in [1.165, 1.54) is 19.3 Å². The van der Waals surface area contributed by atoms with Crippen molar-refractivity contribution in [2.24, 2.45) is 0 Å². The predicted molar refractivity (Wildman–Crippen MR) is 37.7 cm³/mol. The lowest BCUT2D eigenvalue weighted by Gasteiger charge is -1.85. The Hall–Kier alpha value is -0.330. The highest BCUT2D eigenvalue weighted by Crippen LogP contribution is 1.88. The lowest BCUT2D eigenvalue weighted by Crippen LogP contribution is -1.97. The Morgan fingerprint density at radius 1 is 1.38 bits per heavy atom. The number of unbranched alkanes of at least 4 members (excludes halogenated alkanes) is 2. The molecule has 0 saturated heterocycles. The first-order valence-corrected chi connectivity index (χ1v) is 3.27. The Morgan fingerprint density at radius 2 is 2.00 bits per heavy atom. The molecule has 8 heavy (non-hydrogen) atoms. The molecule has 1 nitrogen and oxygen atoms in total. The van der Waals surface area contributed by atoms with Crippen molar-refractivity contribution in [2.45, 2.75) is 26.2 Å². The average Bonchev–Trinajstić information content (AvgIpc) is 1.66. The van der Waals surface area contributed by atoms with Crippen LogP contribution in [0.1, 0.15) is 26.2 Å². The summed E-state index contributed by atoms with van der Waals surface area (Å²) in [6, 6.07) is 0. The van der Waals surface area contributed by atoms with Gasteiger partial charge in [0.2, 0.25) is 0 Å². The molecule has 1 heteroatoms. The molecular weight excluding hydrogens is 100 g/mol. The second-order valence-corrected chi connectivity index (χ2v) is 2.29. The van der Waals surface area contributed by atoms with E-state index in [4.69, 9.17) is 0 Å². The minimum atomic E-state index is 1.23. The van der Waals surface area contributed by atoms with E-state index in [0.717, 1.165) is 0 Å². The third-order valence-corrected chi connectivity index (χ3v) is 1.05. The van der Waals surface area contributed by atoms with Gasteiger partial charge in [-0.15, -0.1) is 0 Å². The molecule has 0 unspecified atom stereocenters. The molecule has 0 atom stereocenters. The highest BCUT2D eigenvalue weighted by molar-refractivity contribution is 5.50. The van der Waals surface area contributed by atoms with Crippen molar-refractivity contribution in [3.63, 3.8) is 0 Å². The molecule has 0 aromatic heterocycles. The number of rotatable bonds is 3.